The molecule has 0 aliphatic carbocycles. The zero-order valence-corrected chi connectivity index (χ0v) is 19.4. The van der Waals surface area contributed by atoms with Gasteiger partial charge in [0.15, 0.2) is 6.29 Å². The Balaban J connectivity index is 1.48. The van der Waals surface area contributed by atoms with Crippen molar-refractivity contribution in [1.82, 2.24) is 9.88 Å². The number of aromatic nitrogens is 1. The molecule has 0 spiro atoms. The van der Waals surface area contributed by atoms with E-state index in [0.717, 1.165) is 21.9 Å². The van der Waals surface area contributed by atoms with Crippen molar-refractivity contribution in [3.63, 3.8) is 0 Å². The summed E-state index contributed by atoms with van der Waals surface area (Å²) in [5, 5.41) is 56.3. The van der Waals surface area contributed by atoms with Crippen LogP contribution in [0.25, 0.3) is 21.7 Å². The molecule has 0 radical (unpaired) electrons. The van der Waals surface area contributed by atoms with E-state index < -0.39 is 49.3 Å². The summed E-state index contributed by atoms with van der Waals surface area (Å²) in [6.45, 7) is -1.08. The van der Waals surface area contributed by atoms with Crippen LogP contribution in [0.1, 0.15) is 15.9 Å². The average molecular weight is 493 g/mol. The highest BCUT2D eigenvalue weighted by Crippen LogP contribution is 2.30. The summed E-state index contributed by atoms with van der Waals surface area (Å²) in [6, 6.07) is 21.6. The number of ether oxygens (including phenoxy) is 1. The number of aliphatic hydroxyl groups excluding tert-OH is 5. The van der Waals surface area contributed by atoms with Crippen LogP contribution in [-0.2, 0) is 11.3 Å². The van der Waals surface area contributed by atoms with Gasteiger partial charge in [0.1, 0.15) is 23.9 Å². The number of rotatable bonds is 6. The first-order chi connectivity index (χ1) is 17.4. The third-order valence-corrected chi connectivity index (χ3v) is 6.96. The largest absolute Gasteiger partial charge is 0.394 e. The predicted octanol–water partition coefficient (Wildman–Crippen LogP) is 0.735. The quantitative estimate of drug-likeness (QED) is 0.233. The van der Waals surface area contributed by atoms with Crippen molar-refractivity contribution in [3.8, 4) is 0 Å². The van der Waals surface area contributed by atoms with Crippen LogP contribution < -0.4 is 5.32 Å². The number of para-hydroxylation sites is 1. The van der Waals surface area contributed by atoms with Gasteiger partial charge in [0.2, 0.25) is 0 Å². The number of hydrogen-bond acceptors (Lipinski definition) is 7. The standard InChI is InChI=1S/C27H28N2O7/c30-14-22-23(32)24(33)27(15-31,26(35)36-22)28-25(34)20-13-29(21-8-4-3-7-19(20)21)12-16-9-10-17-5-1-2-6-18(17)11-16/h1-11,13,22-24,26,30-33,35H,12,14-15H2,(H,28,34)/t22-,23-,24+,26?,27-/m1/s1. The number of aliphatic hydroxyl groups is 5. The number of carbonyl (C=O) groups excluding carboxylic acids is 1. The van der Waals surface area contributed by atoms with Crippen LogP contribution in [0.5, 0.6) is 0 Å². The molecule has 1 aliphatic heterocycles. The molecule has 36 heavy (non-hydrogen) atoms. The van der Waals surface area contributed by atoms with Crippen LogP contribution in [0.4, 0.5) is 0 Å². The molecule has 188 valence electrons. The van der Waals surface area contributed by atoms with E-state index in [1.54, 1.807) is 18.3 Å². The van der Waals surface area contributed by atoms with E-state index in [1.165, 1.54) is 0 Å². The first-order valence-corrected chi connectivity index (χ1v) is 11.7. The Hall–Kier alpha value is -3.31. The summed E-state index contributed by atoms with van der Waals surface area (Å²) in [5.41, 5.74) is 0.00882. The molecule has 5 rings (SSSR count). The fourth-order valence-corrected chi connectivity index (χ4v) is 4.89. The summed E-state index contributed by atoms with van der Waals surface area (Å²) in [6.07, 6.45) is -4.89. The van der Waals surface area contributed by atoms with Gasteiger partial charge in [0.05, 0.1) is 18.8 Å². The number of carbonyl (C=O) groups is 1. The number of nitrogens with zero attached hydrogens (tertiary/aromatic N) is 1. The van der Waals surface area contributed by atoms with E-state index in [9.17, 15) is 30.3 Å². The summed E-state index contributed by atoms with van der Waals surface area (Å²) in [7, 11) is 0. The van der Waals surface area contributed by atoms with Crippen molar-refractivity contribution in [3.05, 3.63) is 84.1 Å². The van der Waals surface area contributed by atoms with Crippen LogP contribution in [-0.4, -0.2) is 79.4 Å². The molecular formula is C27H28N2O7. The third kappa shape index (κ3) is 4.05. The van der Waals surface area contributed by atoms with E-state index in [1.807, 2.05) is 53.1 Å². The molecule has 4 aromatic rings. The number of nitrogens with one attached hydrogen (secondary N) is 1. The SMILES string of the molecule is O=C(N[C@@]1(CO)C(O)O[C@H](CO)[C@@H](O)[C@@H]1O)c1cn(Cc2ccc3ccccc3c2)c2ccccc12. The topological polar surface area (TPSA) is 144 Å². The van der Waals surface area contributed by atoms with Gasteiger partial charge in [0.25, 0.3) is 5.91 Å². The number of benzene rings is 3. The monoisotopic (exact) mass is 492 g/mol. The maximum atomic E-state index is 13.4. The molecule has 9 nitrogen and oxygen atoms in total. The number of hydrogen-bond donors (Lipinski definition) is 6. The van der Waals surface area contributed by atoms with Gasteiger partial charge in [-0.2, -0.15) is 0 Å². The zero-order chi connectivity index (χ0) is 25.4. The minimum Gasteiger partial charge on any atom is -0.394 e. The van der Waals surface area contributed by atoms with Gasteiger partial charge in [-0.1, -0.05) is 54.6 Å². The van der Waals surface area contributed by atoms with Gasteiger partial charge in [-0.3, -0.25) is 4.79 Å². The molecule has 2 heterocycles. The Bertz CT molecular complexity index is 1400. The summed E-state index contributed by atoms with van der Waals surface area (Å²) in [5.74, 6) is -0.672. The van der Waals surface area contributed by atoms with Crippen LogP contribution >= 0.6 is 0 Å². The Morgan fingerprint density at radius 3 is 2.44 bits per heavy atom. The molecule has 0 bridgehead atoms. The molecule has 9 heteroatoms. The zero-order valence-electron chi connectivity index (χ0n) is 19.4. The van der Waals surface area contributed by atoms with E-state index in [4.69, 9.17) is 4.74 Å². The second-order valence-electron chi connectivity index (χ2n) is 9.17. The first kappa shape index (κ1) is 24.4. The lowest BCUT2D eigenvalue weighted by Gasteiger charge is -2.48. The van der Waals surface area contributed by atoms with Gasteiger partial charge >= 0.3 is 0 Å². The Morgan fingerprint density at radius 1 is 0.972 bits per heavy atom. The molecule has 1 unspecified atom stereocenters. The van der Waals surface area contributed by atoms with E-state index >= 15 is 0 Å². The molecule has 5 atom stereocenters. The van der Waals surface area contributed by atoms with Gasteiger partial charge in [-0.15, -0.1) is 0 Å². The average Bonchev–Trinajstić information content (AvgIpc) is 3.27. The summed E-state index contributed by atoms with van der Waals surface area (Å²) in [4.78, 5) is 13.4. The highest BCUT2D eigenvalue weighted by atomic mass is 16.6. The van der Waals surface area contributed by atoms with Crippen LogP contribution in [0.2, 0.25) is 0 Å². The van der Waals surface area contributed by atoms with Gasteiger partial charge in [-0.05, 0) is 28.5 Å². The van der Waals surface area contributed by atoms with Gasteiger partial charge in [0, 0.05) is 23.6 Å². The van der Waals surface area contributed by atoms with Crippen molar-refractivity contribution >= 4 is 27.6 Å². The fraction of sp³-hybridized carbons (Fsp3) is 0.296. The van der Waals surface area contributed by atoms with Crippen molar-refractivity contribution in [2.45, 2.75) is 36.7 Å². The molecule has 1 fully saturated rings. The maximum Gasteiger partial charge on any atom is 0.254 e. The van der Waals surface area contributed by atoms with Gasteiger partial charge in [-0.25, -0.2) is 0 Å². The second kappa shape index (κ2) is 9.62. The molecule has 1 amide bonds. The van der Waals surface area contributed by atoms with E-state index in [0.29, 0.717) is 11.9 Å². The maximum absolute atomic E-state index is 13.4. The minimum absolute atomic E-state index is 0.261. The van der Waals surface area contributed by atoms with Crippen molar-refractivity contribution in [1.29, 1.82) is 0 Å². The van der Waals surface area contributed by atoms with E-state index in [2.05, 4.69) is 11.4 Å². The Labute approximate surface area is 206 Å². The number of fused-ring (bicyclic) bond motifs is 2. The highest BCUT2D eigenvalue weighted by Gasteiger charge is 2.56. The van der Waals surface area contributed by atoms with Crippen molar-refractivity contribution in [2.75, 3.05) is 13.2 Å². The van der Waals surface area contributed by atoms with Gasteiger partial charge < -0.3 is 40.2 Å². The van der Waals surface area contributed by atoms with Crippen molar-refractivity contribution in [2.24, 2.45) is 0 Å². The Morgan fingerprint density at radius 2 is 1.69 bits per heavy atom. The van der Waals surface area contributed by atoms with Crippen molar-refractivity contribution < 1.29 is 35.1 Å². The summed E-state index contributed by atoms with van der Waals surface area (Å²) >= 11 is 0. The van der Waals surface area contributed by atoms with Crippen LogP contribution in [0, 0.1) is 0 Å². The van der Waals surface area contributed by atoms with Crippen LogP contribution in [0.3, 0.4) is 0 Å². The molecule has 0 saturated carbocycles. The molecule has 1 aliphatic rings. The molecular weight excluding hydrogens is 464 g/mol. The lowest BCUT2D eigenvalue weighted by molar-refractivity contribution is -0.288. The fourth-order valence-electron chi connectivity index (χ4n) is 4.89. The third-order valence-electron chi connectivity index (χ3n) is 6.96. The van der Waals surface area contributed by atoms with E-state index in [-0.39, 0.29) is 5.56 Å². The highest BCUT2D eigenvalue weighted by molar-refractivity contribution is 6.07. The lowest BCUT2D eigenvalue weighted by Crippen LogP contribution is -2.74. The molecule has 6 N–H and O–H groups in total. The normalized spacial score (nSPS) is 26.4. The smallest absolute Gasteiger partial charge is 0.254 e. The number of amides is 1. The minimum atomic E-state index is -2.09. The molecule has 3 aromatic carbocycles. The lowest BCUT2D eigenvalue weighted by atomic mass is 9.83. The second-order valence-corrected chi connectivity index (χ2v) is 9.17. The first-order valence-electron chi connectivity index (χ1n) is 11.7. The Kier molecular flexibility index (Phi) is 6.52. The predicted molar refractivity (Wildman–Crippen MR) is 132 cm³/mol. The van der Waals surface area contributed by atoms with Crippen LogP contribution in [0.15, 0.2) is 72.9 Å². The molecule has 1 aromatic heterocycles. The molecule has 1 saturated heterocycles. The summed E-state index contributed by atoms with van der Waals surface area (Å²) < 4.78 is 7.12.